The van der Waals surface area contributed by atoms with Crippen LogP contribution in [0.15, 0.2) is 24.4 Å². The van der Waals surface area contributed by atoms with E-state index in [2.05, 4.69) is 10.3 Å². The van der Waals surface area contributed by atoms with Crippen molar-refractivity contribution in [1.29, 1.82) is 0 Å². The van der Waals surface area contributed by atoms with Gasteiger partial charge in [0.1, 0.15) is 5.82 Å². The molecule has 0 aliphatic carbocycles. The molecule has 0 saturated carbocycles. The Hall–Kier alpha value is -1.64. The highest BCUT2D eigenvalue weighted by molar-refractivity contribution is 5.92. The van der Waals surface area contributed by atoms with Gasteiger partial charge in [-0.2, -0.15) is 0 Å². The molecule has 1 heterocycles. The van der Waals surface area contributed by atoms with E-state index in [1.54, 1.807) is 6.20 Å². The Kier molecular flexibility index (Phi) is 2.54. The van der Waals surface area contributed by atoms with Gasteiger partial charge in [0.05, 0.1) is 5.52 Å². The molecule has 2 rings (SSSR count). The minimum atomic E-state index is -0.216. The third-order valence-corrected chi connectivity index (χ3v) is 2.37. The number of benzene rings is 1. The lowest BCUT2D eigenvalue weighted by Crippen LogP contribution is -1.98. The zero-order chi connectivity index (χ0) is 10.8. The summed E-state index contributed by atoms with van der Waals surface area (Å²) in [5, 5.41) is 4.04. The molecule has 0 radical (unpaired) electrons. The molecule has 0 spiro atoms. The molecular formula is C12H13FN2. The fourth-order valence-corrected chi connectivity index (χ4v) is 1.73. The molecule has 78 valence electrons. The Bertz CT molecular complexity index is 494. The lowest BCUT2D eigenvalue weighted by Gasteiger charge is -2.08. The molecule has 0 saturated heterocycles. The second-order valence-corrected chi connectivity index (χ2v) is 3.51. The van der Waals surface area contributed by atoms with Crippen LogP contribution in [0.4, 0.5) is 10.1 Å². The van der Waals surface area contributed by atoms with Crippen LogP contribution in [-0.2, 0) is 0 Å². The normalized spacial score (nSPS) is 10.6. The van der Waals surface area contributed by atoms with Crippen LogP contribution in [0.1, 0.15) is 12.5 Å². The molecule has 2 nitrogen and oxygen atoms in total. The first kappa shape index (κ1) is 9.90. The molecule has 2 aromatic rings. The molecule has 3 heteroatoms. The van der Waals surface area contributed by atoms with Crippen molar-refractivity contribution >= 4 is 16.6 Å². The van der Waals surface area contributed by atoms with Crippen molar-refractivity contribution in [2.75, 3.05) is 11.9 Å². The quantitative estimate of drug-likeness (QED) is 0.813. The zero-order valence-corrected chi connectivity index (χ0v) is 8.84. The number of rotatable bonds is 2. The standard InChI is InChI=1S/C12H13FN2/c1-3-14-11-4-5-15-12-8(2)6-9(13)7-10(11)12/h4-7H,3H2,1-2H3,(H,14,15). The molecular weight excluding hydrogens is 191 g/mol. The number of hydrogen-bond acceptors (Lipinski definition) is 2. The van der Waals surface area contributed by atoms with Gasteiger partial charge in [-0.25, -0.2) is 4.39 Å². The van der Waals surface area contributed by atoms with E-state index in [1.165, 1.54) is 12.1 Å². The lowest BCUT2D eigenvalue weighted by molar-refractivity contribution is 0.628. The average molecular weight is 204 g/mol. The summed E-state index contributed by atoms with van der Waals surface area (Å²) in [6.45, 7) is 4.70. The van der Waals surface area contributed by atoms with E-state index in [0.717, 1.165) is 28.7 Å². The number of fused-ring (bicyclic) bond motifs is 1. The highest BCUT2D eigenvalue weighted by atomic mass is 19.1. The van der Waals surface area contributed by atoms with Crippen molar-refractivity contribution in [3.8, 4) is 0 Å². The fourth-order valence-electron chi connectivity index (χ4n) is 1.73. The molecule has 0 aliphatic rings. The number of nitrogens with one attached hydrogen (secondary N) is 1. The minimum Gasteiger partial charge on any atom is -0.385 e. The van der Waals surface area contributed by atoms with Crippen LogP contribution in [-0.4, -0.2) is 11.5 Å². The SMILES string of the molecule is CCNc1ccnc2c(C)cc(F)cc12. The van der Waals surface area contributed by atoms with Gasteiger partial charge in [-0.05, 0) is 37.6 Å². The monoisotopic (exact) mass is 204 g/mol. The van der Waals surface area contributed by atoms with E-state index in [4.69, 9.17) is 0 Å². The van der Waals surface area contributed by atoms with E-state index >= 15 is 0 Å². The summed E-state index contributed by atoms with van der Waals surface area (Å²) in [6, 6.07) is 4.89. The molecule has 15 heavy (non-hydrogen) atoms. The predicted molar refractivity (Wildman–Crippen MR) is 60.6 cm³/mol. The summed E-state index contributed by atoms with van der Waals surface area (Å²) >= 11 is 0. The predicted octanol–water partition coefficient (Wildman–Crippen LogP) is 3.11. The van der Waals surface area contributed by atoms with Crippen molar-refractivity contribution in [3.05, 3.63) is 35.8 Å². The molecule has 0 amide bonds. The number of pyridine rings is 1. The van der Waals surface area contributed by atoms with E-state index in [9.17, 15) is 4.39 Å². The van der Waals surface area contributed by atoms with Crippen LogP contribution >= 0.6 is 0 Å². The lowest BCUT2D eigenvalue weighted by atomic mass is 10.1. The molecule has 0 fully saturated rings. The maximum absolute atomic E-state index is 13.3. The van der Waals surface area contributed by atoms with E-state index in [-0.39, 0.29) is 5.82 Å². The summed E-state index contributed by atoms with van der Waals surface area (Å²) in [4.78, 5) is 4.26. The molecule has 0 unspecified atom stereocenters. The Morgan fingerprint density at radius 3 is 2.93 bits per heavy atom. The number of aryl methyl sites for hydroxylation is 1. The Morgan fingerprint density at radius 1 is 1.40 bits per heavy atom. The summed E-state index contributed by atoms with van der Waals surface area (Å²) in [7, 11) is 0. The maximum atomic E-state index is 13.3. The van der Waals surface area contributed by atoms with Crippen LogP contribution in [0, 0.1) is 12.7 Å². The Morgan fingerprint density at radius 2 is 2.20 bits per heavy atom. The van der Waals surface area contributed by atoms with Gasteiger partial charge in [0.15, 0.2) is 0 Å². The second kappa shape index (κ2) is 3.85. The van der Waals surface area contributed by atoms with Crippen LogP contribution in [0.25, 0.3) is 10.9 Å². The third-order valence-electron chi connectivity index (χ3n) is 2.37. The second-order valence-electron chi connectivity index (χ2n) is 3.51. The Labute approximate surface area is 88.1 Å². The third kappa shape index (κ3) is 1.77. The van der Waals surface area contributed by atoms with Gasteiger partial charge in [0, 0.05) is 23.8 Å². The first-order chi connectivity index (χ1) is 7.22. The van der Waals surface area contributed by atoms with Gasteiger partial charge in [-0.3, -0.25) is 4.98 Å². The zero-order valence-electron chi connectivity index (χ0n) is 8.84. The Balaban J connectivity index is 2.73. The van der Waals surface area contributed by atoms with Crippen molar-refractivity contribution in [2.45, 2.75) is 13.8 Å². The van der Waals surface area contributed by atoms with Gasteiger partial charge in [-0.15, -0.1) is 0 Å². The first-order valence-electron chi connectivity index (χ1n) is 5.01. The van der Waals surface area contributed by atoms with Gasteiger partial charge in [-0.1, -0.05) is 0 Å². The summed E-state index contributed by atoms with van der Waals surface area (Å²) in [5.41, 5.74) is 2.66. The summed E-state index contributed by atoms with van der Waals surface area (Å²) in [5.74, 6) is -0.216. The highest BCUT2D eigenvalue weighted by Crippen LogP contribution is 2.24. The van der Waals surface area contributed by atoms with Gasteiger partial charge in [0.25, 0.3) is 0 Å². The largest absolute Gasteiger partial charge is 0.385 e. The molecule has 0 atom stereocenters. The average Bonchev–Trinajstić information content (AvgIpc) is 2.19. The summed E-state index contributed by atoms with van der Waals surface area (Å²) in [6.07, 6.45) is 1.74. The van der Waals surface area contributed by atoms with Gasteiger partial charge in [0.2, 0.25) is 0 Å². The van der Waals surface area contributed by atoms with Gasteiger partial charge < -0.3 is 5.32 Å². The fraction of sp³-hybridized carbons (Fsp3) is 0.250. The van der Waals surface area contributed by atoms with Crippen LogP contribution < -0.4 is 5.32 Å². The number of nitrogens with zero attached hydrogens (tertiary/aromatic N) is 1. The van der Waals surface area contributed by atoms with Crippen LogP contribution in [0.3, 0.4) is 0 Å². The first-order valence-corrected chi connectivity index (χ1v) is 5.01. The molecule has 1 N–H and O–H groups in total. The van der Waals surface area contributed by atoms with Crippen molar-refractivity contribution in [3.63, 3.8) is 0 Å². The molecule has 1 aromatic carbocycles. The van der Waals surface area contributed by atoms with Gasteiger partial charge >= 0.3 is 0 Å². The van der Waals surface area contributed by atoms with Crippen molar-refractivity contribution < 1.29 is 4.39 Å². The van der Waals surface area contributed by atoms with Crippen molar-refractivity contribution in [2.24, 2.45) is 0 Å². The number of aromatic nitrogens is 1. The molecule has 1 aromatic heterocycles. The molecule has 0 bridgehead atoms. The number of hydrogen-bond donors (Lipinski definition) is 1. The maximum Gasteiger partial charge on any atom is 0.124 e. The number of halogens is 1. The molecule has 0 aliphatic heterocycles. The van der Waals surface area contributed by atoms with Crippen LogP contribution in [0.2, 0.25) is 0 Å². The van der Waals surface area contributed by atoms with Crippen LogP contribution in [0.5, 0.6) is 0 Å². The number of anilines is 1. The summed E-state index contributed by atoms with van der Waals surface area (Å²) < 4.78 is 13.3. The highest BCUT2D eigenvalue weighted by Gasteiger charge is 2.05. The smallest absolute Gasteiger partial charge is 0.124 e. The van der Waals surface area contributed by atoms with E-state index < -0.39 is 0 Å². The van der Waals surface area contributed by atoms with E-state index in [1.807, 2.05) is 19.9 Å². The van der Waals surface area contributed by atoms with Crippen molar-refractivity contribution in [1.82, 2.24) is 4.98 Å². The minimum absolute atomic E-state index is 0.216. The van der Waals surface area contributed by atoms with E-state index in [0.29, 0.717) is 0 Å². The topological polar surface area (TPSA) is 24.9 Å².